The molecule has 1 aliphatic rings. The lowest BCUT2D eigenvalue weighted by molar-refractivity contribution is -0.141. The second kappa shape index (κ2) is 6.28. The number of likely N-dealkylation sites (tertiary alicyclic amines) is 1. The van der Waals surface area contributed by atoms with E-state index in [2.05, 4.69) is 0 Å². The van der Waals surface area contributed by atoms with Crippen LogP contribution in [0.5, 0.6) is 0 Å². The lowest BCUT2D eigenvalue weighted by Gasteiger charge is -2.21. The number of β-amino-alcohol motifs (C(OH)–C–C–N with tert-alkyl or cyclic N) is 1. The van der Waals surface area contributed by atoms with E-state index in [1.54, 1.807) is 30.0 Å². The number of carboxylic acids is 1. The summed E-state index contributed by atoms with van der Waals surface area (Å²) in [5.41, 5.74) is 1.49. The zero-order valence-electron chi connectivity index (χ0n) is 11.2. The predicted octanol–water partition coefficient (Wildman–Crippen LogP) is 1.21. The molecule has 2 rings (SSSR count). The van der Waals surface area contributed by atoms with Gasteiger partial charge in [0.25, 0.3) is 5.91 Å². The molecule has 0 unspecified atom stereocenters. The van der Waals surface area contributed by atoms with Gasteiger partial charge in [0.2, 0.25) is 0 Å². The molecule has 1 amide bonds. The van der Waals surface area contributed by atoms with Crippen molar-refractivity contribution in [2.75, 3.05) is 12.8 Å². The van der Waals surface area contributed by atoms with E-state index in [4.69, 9.17) is 5.11 Å². The van der Waals surface area contributed by atoms with Gasteiger partial charge in [-0.1, -0.05) is 12.1 Å². The van der Waals surface area contributed by atoms with Crippen molar-refractivity contribution in [2.45, 2.75) is 24.3 Å². The number of aliphatic hydroxyl groups is 1. The minimum Gasteiger partial charge on any atom is -0.480 e. The summed E-state index contributed by atoms with van der Waals surface area (Å²) in [5, 5.41) is 18.7. The largest absolute Gasteiger partial charge is 0.480 e. The summed E-state index contributed by atoms with van der Waals surface area (Å²) in [7, 11) is 0. The molecule has 6 heteroatoms. The van der Waals surface area contributed by atoms with Gasteiger partial charge < -0.3 is 15.1 Å². The highest BCUT2D eigenvalue weighted by Gasteiger charge is 2.39. The van der Waals surface area contributed by atoms with Crippen LogP contribution in [0.3, 0.4) is 0 Å². The summed E-state index contributed by atoms with van der Waals surface area (Å²) >= 11 is 1.65. The quantitative estimate of drug-likeness (QED) is 0.873. The SMILES string of the molecule is CSCc1cccc(C(=O)N2C[C@H](O)C[C@H]2C(=O)O)c1. The van der Waals surface area contributed by atoms with Gasteiger partial charge in [-0.05, 0) is 24.0 Å². The van der Waals surface area contributed by atoms with E-state index in [9.17, 15) is 14.7 Å². The number of carbonyl (C=O) groups excluding carboxylic acids is 1. The standard InChI is InChI=1S/C14H17NO4S/c1-20-8-9-3-2-4-10(5-9)13(17)15-7-11(16)6-12(15)14(18)19/h2-5,11-12,16H,6-8H2,1H3,(H,18,19)/t11-,12+/m1/s1. The summed E-state index contributed by atoms with van der Waals surface area (Å²) in [6.07, 6.45) is 1.30. The summed E-state index contributed by atoms with van der Waals surface area (Å²) in [6.45, 7) is 0.0720. The molecule has 1 aromatic rings. The van der Waals surface area contributed by atoms with Gasteiger partial charge in [0.05, 0.1) is 6.10 Å². The van der Waals surface area contributed by atoms with Gasteiger partial charge in [0.15, 0.2) is 0 Å². The lowest BCUT2D eigenvalue weighted by atomic mass is 10.1. The summed E-state index contributed by atoms with van der Waals surface area (Å²) in [4.78, 5) is 24.8. The third-order valence-electron chi connectivity index (χ3n) is 3.31. The van der Waals surface area contributed by atoms with Crippen LogP contribution in [0.25, 0.3) is 0 Å². The molecule has 0 bridgehead atoms. The Morgan fingerprint density at radius 3 is 2.85 bits per heavy atom. The summed E-state index contributed by atoms with van der Waals surface area (Å²) in [5.74, 6) is -0.612. The Morgan fingerprint density at radius 2 is 2.20 bits per heavy atom. The highest BCUT2D eigenvalue weighted by molar-refractivity contribution is 7.97. The van der Waals surface area contributed by atoms with E-state index < -0.39 is 18.1 Å². The maximum Gasteiger partial charge on any atom is 0.326 e. The fraction of sp³-hybridized carbons (Fsp3) is 0.429. The Kier molecular flexibility index (Phi) is 4.67. The van der Waals surface area contributed by atoms with Crippen LogP contribution in [0, 0.1) is 0 Å². The van der Waals surface area contributed by atoms with Crippen LogP contribution in [0.15, 0.2) is 24.3 Å². The van der Waals surface area contributed by atoms with Gasteiger partial charge in [-0.3, -0.25) is 4.79 Å². The zero-order chi connectivity index (χ0) is 14.7. The molecule has 2 atom stereocenters. The molecule has 0 radical (unpaired) electrons. The number of nitrogens with zero attached hydrogens (tertiary/aromatic N) is 1. The van der Waals surface area contributed by atoms with Crippen LogP contribution in [-0.4, -0.2) is 51.9 Å². The van der Waals surface area contributed by atoms with E-state index >= 15 is 0 Å². The van der Waals surface area contributed by atoms with Gasteiger partial charge in [-0.2, -0.15) is 11.8 Å². The first kappa shape index (κ1) is 14.9. The molecular weight excluding hydrogens is 278 g/mol. The van der Waals surface area contributed by atoms with E-state index in [0.717, 1.165) is 11.3 Å². The highest BCUT2D eigenvalue weighted by Crippen LogP contribution is 2.22. The van der Waals surface area contributed by atoms with Gasteiger partial charge in [0.1, 0.15) is 6.04 Å². The highest BCUT2D eigenvalue weighted by atomic mass is 32.2. The van der Waals surface area contributed by atoms with Crippen molar-refractivity contribution in [2.24, 2.45) is 0 Å². The maximum absolute atomic E-state index is 12.4. The van der Waals surface area contributed by atoms with Crippen LogP contribution >= 0.6 is 11.8 Å². The number of carboxylic acid groups (broad SMARTS) is 1. The van der Waals surface area contributed by atoms with Gasteiger partial charge >= 0.3 is 5.97 Å². The Bertz CT molecular complexity index is 520. The van der Waals surface area contributed by atoms with Gasteiger partial charge in [0, 0.05) is 24.3 Å². The number of benzene rings is 1. The first-order valence-corrected chi connectivity index (χ1v) is 7.72. The number of aliphatic hydroxyl groups excluding tert-OH is 1. The Balaban J connectivity index is 2.21. The van der Waals surface area contributed by atoms with Crippen LogP contribution in [0.4, 0.5) is 0 Å². The third kappa shape index (κ3) is 3.13. The average molecular weight is 295 g/mol. The first-order valence-electron chi connectivity index (χ1n) is 6.32. The Labute approximate surface area is 121 Å². The van der Waals surface area contributed by atoms with Crippen molar-refractivity contribution in [3.63, 3.8) is 0 Å². The molecule has 0 spiro atoms. The molecule has 1 heterocycles. The molecule has 0 aromatic heterocycles. The van der Waals surface area contributed by atoms with E-state index in [0.29, 0.717) is 5.56 Å². The molecule has 1 aliphatic heterocycles. The van der Waals surface area contributed by atoms with Crippen molar-refractivity contribution in [3.8, 4) is 0 Å². The van der Waals surface area contributed by atoms with E-state index in [1.807, 2.05) is 12.3 Å². The monoisotopic (exact) mass is 295 g/mol. The van der Waals surface area contributed by atoms with Crippen molar-refractivity contribution < 1.29 is 19.8 Å². The second-order valence-electron chi connectivity index (χ2n) is 4.83. The molecule has 5 nitrogen and oxygen atoms in total. The lowest BCUT2D eigenvalue weighted by Crippen LogP contribution is -2.40. The minimum absolute atomic E-state index is 0.0720. The molecular formula is C14H17NO4S. The van der Waals surface area contributed by atoms with Crippen LogP contribution < -0.4 is 0 Å². The number of hydrogen-bond acceptors (Lipinski definition) is 4. The van der Waals surface area contributed by atoms with Crippen molar-refractivity contribution in [3.05, 3.63) is 35.4 Å². The molecule has 20 heavy (non-hydrogen) atoms. The average Bonchev–Trinajstić information content (AvgIpc) is 2.81. The third-order valence-corrected chi connectivity index (χ3v) is 3.93. The number of hydrogen-bond donors (Lipinski definition) is 2. The molecule has 0 saturated carbocycles. The molecule has 1 fully saturated rings. The first-order chi connectivity index (χ1) is 9.52. The maximum atomic E-state index is 12.4. The molecule has 1 aromatic carbocycles. The van der Waals surface area contributed by atoms with Crippen LogP contribution in [-0.2, 0) is 10.5 Å². The van der Waals surface area contributed by atoms with Crippen molar-refractivity contribution >= 4 is 23.6 Å². The predicted molar refractivity (Wildman–Crippen MR) is 76.7 cm³/mol. The van der Waals surface area contributed by atoms with Gasteiger partial charge in [-0.25, -0.2) is 4.79 Å². The van der Waals surface area contributed by atoms with Crippen LogP contribution in [0.2, 0.25) is 0 Å². The molecule has 1 saturated heterocycles. The fourth-order valence-electron chi connectivity index (χ4n) is 2.40. The second-order valence-corrected chi connectivity index (χ2v) is 5.70. The number of rotatable bonds is 4. The smallest absolute Gasteiger partial charge is 0.326 e. The van der Waals surface area contributed by atoms with Gasteiger partial charge in [-0.15, -0.1) is 0 Å². The van der Waals surface area contributed by atoms with E-state index in [-0.39, 0.29) is 18.9 Å². The minimum atomic E-state index is -1.07. The zero-order valence-corrected chi connectivity index (χ0v) is 12.0. The van der Waals surface area contributed by atoms with Crippen LogP contribution in [0.1, 0.15) is 22.3 Å². The number of amides is 1. The van der Waals surface area contributed by atoms with E-state index in [1.165, 1.54) is 4.90 Å². The number of thioether (sulfide) groups is 1. The topological polar surface area (TPSA) is 77.8 Å². The van der Waals surface area contributed by atoms with Crippen molar-refractivity contribution in [1.29, 1.82) is 0 Å². The fourth-order valence-corrected chi connectivity index (χ4v) is 2.91. The molecule has 108 valence electrons. The number of aliphatic carboxylic acids is 1. The van der Waals surface area contributed by atoms with Crippen molar-refractivity contribution in [1.82, 2.24) is 4.90 Å². The Hall–Kier alpha value is -1.53. The molecule has 0 aliphatic carbocycles. The molecule has 2 N–H and O–H groups in total. The Morgan fingerprint density at radius 1 is 1.45 bits per heavy atom. The summed E-state index contributed by atoms with van der Waals surface area (Å²) in [6, 6.07) is 6.24. The summed E-state index contributed by atoms with van der Waals surface area (Å²) < 4.78 is 0. The number of carbonyl (C=O) groups is 2. The normalized spacial score (nSPS) is 22.0.